The van der Waals surface area contributed by atoms with Crippen molar-refractivity contribution >= 4 is 11.9 Å². The highest BCUT2D eigenvalue weighted by Crippen LogP contribution is 2.31. The standard InChI is InChI=1S/C15H15F4NO4/c16-13(9-1-3-10(4-2-9)15(17,18)19)14(23)20-5-6-24-8-11(20)7-12(21)22/h1-4,11,13H,5-8H2,(H,21,22). The molecule has 2 atom stereocenters. The van der Waals surface area contributed by atoms with Gasteiger partial charge in [0.2, 0.25) is 6.17 Å². The first-order chi connectivity index (χ1) is 11.2. The smallest absolute Gasteiger partial charge is 0.416 e. The zero-order valence-electron chi connectivity index (χ0n) is 12.4. The number of benzene rings is 1. The van der Waals surface area contributed by atoms with Gasteiger partial charge in [-0.15, -0.1) is 0 Å². The van der Waals surface area contributed by atoms with Crippen LogP contribution in [0.5, 0.6) is 0 Å². The summed E-state index contributed by atoms with van der Waals surface area (Å²) < 4.78 is 57.0. The molecule has 1 amide bonds. The van der Waals surface area contributed by atoms with Crippen molar-refractivity contribution in [3.05, 3.63) is 35.4 Å². The van der Waals surface area contributed by atoms with Gasteiger partial charge in [-0.3, -0.25) is 9.59 Å². The fourth-order valence-electron chi connectivity index (χ4n) is 2.44. The predicted octanol–water partition coefficient (Wildman–Crippen LogP) is 2.42. The lowest BCUT2D eigenvalue weighted by Gasteiger charge is -2.35. The third-order valence-electron chi connectivity index (χ3n) is 3.67. The summed E-state index contributed by atoms with van der Waals surface area (Å²) in [5.41, 5.74) is -1.16. The van der Waals surface area contributed by atoms with E-state index in [-0.39, 0.29) is 25.3 Å². The maximum atomic E-state index is 14.4. The maximum Gasteiger partial charge on any atom is 0.416 e. The molecule has 24 heavy (non-hydrogen) atoms. The van der Waals surface area contributed by atoms with Gasteiger partial charge in [0.1, 0.15) is 0 Å². The van der Waals surface area contributed by atoms with Crippen LogP contribution in [0.2, 0.25) is 0 Å². The summed E-state index contributed by atoms with van der Waals surface area (Å²) in [5.74, 6) is -2.14. The number of alkyl halides is 4. The molecule has 0 aliphatic carbocycles. The van der Waals surface area contributed by atoms with E-state index in [1.165, 1.54) is 0 Å². The Morgan fingerprint density at radius 3 is 2.46 bits per heavy atom. The average molecular weight is 349 g/mol. The van der Waals surface area contributed by atoms with E-state index in [2.05, 4.69) is 0 Å². The Kier molecular flexibility index (Phi) is 5.43. The molecule has 1 aliphatic rings. The van der Waals surface area contributed by atoms with Crippen LogP contribution in [0.25, 0.3) is 0 Å². The largest absolute Gasteiger partial charge is 0.481 e. The van der Waals surface area contributed by atoms with E-state index < -0.39 is 42.3 Å². The first kappa shape index (κ1) is 18.2. The normalized spacial score (nSPS) is 19.8. The molecule has 0 spiro atoms. The van der Waals surface area contributed by atoms with Gasteiger partial charge in [0.05, 0.1) is 31.2 Å². The number of rotatable bonds is 4. The van der Waals surface area contributed by atoms with Crippen molar-refractivity contribution in [2.45, 2.75) is 24.8 Å². The summed E-state index contributed by atoms with van der Waals surface area (Å²) in [6.45, 7) is 0.136. The minimum atomic E-state index is -4.55. The van der Waals surface area contributed by atoms with E-state index in [0.29, 0.717) is 12.1 Å². The van der Waals surface area contributed by atoms with Gasteiger partial charge >= 0.3 is 12.1 Å². The second-order valence-electron chi connectivity index (χ2n) is 5.34. The third kappa shape index (κ3) is 4.22. The lowest BCUT2D eigenvalue weighted by Crippen LogP contribution is -2.50. The summed E-state index contributed by atoms with van der Waals surface area (Å²) in [6.07, 6.45) is -7.11. The van der Waals surface area contributed by atoms with Crippen LogP contribution in [0.1, 0.15) is 23.7 Å². The molecule has 2 rings (SSSR count). The van der Waals surface area contributed by atoms with E-state index in [0.717, 1.165) is 17.0 Å². The second kappa shape index (κ2) is 7.16. The topological polar surface area (TPSA) is 66.8 Å². The Morgan fingerprint density at radius 2 is 1.92 bits per heavy atom. The lowest BCUT2D eigenvalue weighted by molar-refractivity contribution is -0.150. The molecule has 9 heteroatoms. The van der Waals surface area contributed by atoms with Crippen LogP contribution in [-0.2, 0) is 20.5 Å². The Balaban J connectivity index is 2.14. The van der Waals surface area contributed by atoms with Crippen molar-refractivity contribution in [3.63, 3.8) is 0 Å². The quantitative estimate of drug-likeness (QED) is 0.848. The van der Waals surface area contributed by atoms with Gasteiger partial charge in [0, 0.05) is 6.54 Å². The highest BCUT2D eigenvalue weighted by molar-refractivity contribution is 5.83. The number of aliphatic carboxylic acids is 1. The Bertz CT molecular complexity index is 602. The number of nitrogens with zero attached hydrogens (tertiary/aromatic N) is 1. The first-order valence-electron chi connectivity index (χ1n) is 7.11. The summed E-state index contributed by atoms with van der Waals surface area (Å²) in [4.78, 5) is 24.1. The molecule has 132 valence electrons. The molecular weight excluding hydrogens is 334 g/mol. The number of amides is 1. The van der Waals surface area contributed by atoms with Crippen LogP contribution in [0, 0.1) is 0 Å². The first-order valence-corrected chi connectivity index (χ1v) is 7.11. The summed E-state index contributed by atoms with van der Waals surface area (Å²) in [5, 5.41) is 8.83. The van der Waals surface area contributed by atoms with Crippen LogP contribution in [0.4, 0.5) is 17.6 Å². The highest BCUT2D eigenvalue weighted by atomic mass is 19.4. The van der Waals surface area contributed by atoms with Gasteiger partial charge in [-0.25, -0.2) is 4.39 Å². The summed E-state index contributed by atoms with van der Waals surface area (Å²) >= 11 is 0. The maximum absolute atomic E-state index is 14.4. The van der Waals surface area contributed by atoms with E-state index in [9.17, 15) is 27.2 Å². The highest BCUT2D eigenvalue weighted by Gasteiger charge is 2.35. The fraction of sp³-hybridized carbons (Fsp3) is 0.467. The number of ether oxygens (including phenoxy) is 1. The number of hydrogen-bond acceptors (Lipinski definition) is 3. The molecule has 1 aliphatic heterocycles. The fourth-order valence-corrected chi connectivity index (χ4v) is 2.44. The predicted molar refractivity (Wildman–Crippen MR) is 73.9 cm³/mol. The van der Waals surface area contributed by atoms with Crippen LogP contribution >= 0.6 is 0 Å². The van der Waals surface area contributed by atoms with E-state index >= 15 is 0 Å². The SMILES string of the molecule is O=C(O)CC1COCCN1C(=O)C(F)c1ccc(C(F)(F)F)cc1. The molecule has 1 aromatic carbocycles. The van der Waals surface area contributed by atoms with Gasteiger partial charge in [-0.05, 0) is 17.7 Å². The van der Waals surface area contributed by atoms with Crippen LogP contribution in [-0.4, -0.2) is 47.7 Å². The number of hydrogen-bond donors (Lipinski definition) is 1. The zero-order valence-corrected chi connectivity index (χ0v) is 12.4. The van der Waals surface area contributed by atoms with Crippen molar-refractivity contribution in [1.29, 1.82) is 0 Å². The molecule has 1 N–H and O–H groups in total. The van der Waals surface area contributed by atoms with Crippen molar-refractivity contribution in [1.82, 2.24) is 4.90 Å². The Morgan fingerprint density at radius 1 is 1.29 bits per heavy atom. The van der Waals surface area contributed by atoms with Crippen LogP contribution in [0.3, 0.4) is 0 Å². The molecule has 1 aromatic rings. The zero-order chi connectivity index (χ0) is 17.9. The number of carboxylic acids is 1. The van der Waals surface area contributed by atoms with Gasteiger partial charge in [0.25, 0.3) is 5.91 Å². The molecule has 1 heterocycles. The monoisotopic (exact) mass is 349 g/mol. The van der Waals surface area contributed by atoms with Crippen LogP contribution < -0.4 is 0 Å². The van der Waals surface area contributed by atoms with E-state index in [1.807, 2.05) is 0 Å². The number of carbonyl (C=O) groups is 2. The molecule has 1 saturated heterocycles. The molecule has 2 unspecified atom stereocenters. The van der Waals surface area contributed by atoms with Crippen molar-refractivity contribution in [3.8, 4) is 0 Å². The Hall–Kier alpha value is -2.16. The number of halogens is 4. The molecule has 0 radical (unpaired) electrons. The van der Waals surface area contributed by atoms with Crippen molar-refractivity contribution < 1.29 is 37.0 Å². The molecular formula is C15H15F4NO4. The number of morpholine rings is 1. The van der Waals surface area contributed by atoms with Gasteiger partial charge in [0.15, 0.2) is 0 Å². The van der Waals surface area contributed by atoms with Gasteiger partial charge < -0.3 is 14.7 Å². The minimum absolute atomic E-state index is 0.0256. The Labute approximate surface area is 134 Å². The van der Waals surface area contributed by atoms with Crippen LogP contribution in [0.15, 0.2) is 24.3 Å². The number of carboxylic acid groups (broad SMARTS) is 1. The molecule has 1 fully saturated rings. The average Bonchev–Trinajstić information content (AvgIpc) is 2.53. The van der Waals surface area contributed by atoms with Crippen molar-refractivity contribution in [2.24, 2.45) is 0 Å². The van der Waals surface area contributed by atoms with Gasteiger partial charge in [-0.1, -0.05) is 12.1 Å². The summed E-state index contributed by atoms with van der Waals surface area (Å²) in [6, 6.07) is 2.39. The molecule has 0 saturated carbocycles. The second-order valence-corrected chi connectivity index (χ2v) is 5.34. The van der Waals surface area contributed by atoms with E-state index in [4.69, 9.17) is 9.84 Å². The van der Waals surface area contributed by atoms with E-state index in [1.54, 1.807) is 0 Å². The number of carbonyl (C=O) groups excluding carboxylic acids is 1. The third-order valence-corrected chi connectivity index (χ3v) is 3.67. The minimum Gasteiger partial charge on any atom is -0.481 e. The molecule has 0 bridgehead atoms. The summed E-state index contributed by atoms with van der Waals surface area (Å²) in [7, 11) is 0. The molecule has 5 nitrogen and oxygen atoms in total. The molecule has 0 aromatic heterocycles. The van der Waals surface area contributed by atoms with Crippen molar-refractivity contribution in [2.75, 3.05) is 19.8 Å². The lowest BCUT2D eigenvalue weighted by atomic mass is 10.0. The van der Waals surface area contributed by atoms with Gasteiger partial charge in [-0.2, -0.15) is 13.2 Å².